The summed E-state index contributed by atoms with van der Waals surface area (Å²) < 4.78 is 4.62. The molecular formula is C6H7N2O2. The van der Waals surface area contributed by atoms with Crippen molar-refractivity contribution in [3.63, 3.8) is 0 Å². The van der Waals surface area contributed by atoms with Crippen LogP contribution < -0.4 is 5.32 Å². The van der Waals surface area contributed by atoms with Crippen molar-refractivity contribution in [1.29, 1.82) is 0 Å². The van der Waals surface area contributed by atoms with Gasteiger partial charge in [-0.05, 0) is 6.92 Å². The molecule has 0 unspecified atom stereocenters. The lowest BCUT2D eigenvalue weighted by atomic mass is 10.6. The molecule has 1 heterocycles. The maximum absolute atomic E-state index is 10.8. The summed E-state index contributed by atoms with van der Waals surface area (Å²) in [7, 11) is 0. The standard InChI is InChI=1S/C6H7N2O2/c1-2-10-6(9)5-7-3-4-8-5/h3-4H,2H2,1H3. The first-order chi connectivity index (χ1) is 4.84. The Labute approximate surface area is 58.6 Å². The summed E-state index contributed by atoms with van der Waals surface area (Å²) in [4.78, 5) is 14.4. The van der Waals surface area contributed by atoms with Gasteiger partial charge in [-0.2, -0.15) is 0 Å². The van der Waals surface area contributed by atoms with Crippen LogP contribution >= 0.6 is 0 Å². The Morgan fingerprint density at radius 2 is 2.50 bits per heavy atom. The van der Waals surface area contributed by atoms with Gasteiger partial charge in [-0.3, -0.25) is 0 Å². The summed E-state index contributed by atoms with van der Waals surface area (Å²) in [5, 5.41) is 3.65. The average molecular weight is 139 g/mol. The fourth-order valence-electron chi connectivity index (χ4n) is 0.542. The van der Waals surface area contributed by atoms with Crippen LogP contribution in [0.3, 0.4) is 0 Å². The molecule has 0 spiro atoms. The van der Waals surface area contributed by atoms with Crippen LogP contribution in [0.15, 0.2) is 17.4 Å². The third kappa shape index (κ3) is 1.34. The predicted octanol–water partition coefficient (Wildman–Crippen LogP) is 0.0372. The Balaban J connectivity index is 2.43. The van der Waals surface area contributed by atoms with E-state index in [-0.39, 0.29) is 5.84 Å². The number of hydrogen-bond acceptors (Lipinski definition) is 3. The predicted molar refractivity (Wildman–Crippen MR) is 35.3 cm³/mol. The average Bonchev–Trinajstić information content (AvgIpc) is 2.38. The Hall–Kier alpha value is -1.32. The second-order valence-corrected chi connectivity index (χ2v) is 1.60. The highest BCUT2D eigenvalue weighted by molar-refractivity contribution is 6.36. The van der Waals surface area contributed by atoms with Crippen molar-refractivity contribution in [3.05, 3.63) is 12.4 Å². The molecule has 0 atom stereocenters. The number of carbonyl (C=O) groups excluding carboxylic acids is 1. The van der Waals surface area contributed by atoms with Gasteiger partial charge in [0.25, 0.3) is 0 Å². The zero-order chi connectivity index (χ0) is 7.40. The molecule has 0 N–H and O–H groups in total. The van der Waals surface area contributed by atoms with E-state index in [2.05, 4.69) is 15.0 Å². The molecule has 0 saturated carbocycles. The molecule has 0 saturated heterocycles. The number of hydrogen-bond donors (Lipinski definition) is 0. The summed E-state index contributed by atoms with van der Waals surface area (Å²) in [6.45, 7) is 2.09. The van der Waals surface area contributed by atoms with Crippen molar-refractivity contribution in [2.45, 2.75) is 6.92 Å². The zero-order valence-electron chi connectivity index (χ0n) is 5.57. The van der Waals surface area contributed by atoms with Crippen LogP contribution in [0.2, 0.25) is 0 Å². The topological polar surface area (TPSA) is 52.8 Å². The molecule has 10 heavy (non-hydrogen) atoms. The van der Waals surface area contributed by atoms with Gasteiger partial charge in [0.15, 0.2) is 0 Å². The maximum atomic E-state index is 10.8. The van der Waals surface area contributed by atoms with Gasteiger partial charge < -0.3 is 4.74 Å². The van der Waals surface area contributed by atoms with Gasteiger partial charge in [0.1, 0.15) is 0 Å². The van der Waals surface area contributed by atoms with Gasteiger partial charge in [0.05, 0.1) is 6.61 Å². The largest absolute Gasteiger partial charge is 0.460 e. The molecule has 4 nitrogen and oxygen atoms in total. The van der Waals surface area contributed by atoms with E-state index in [0.717, 1.165) is 0 Å². The van der Waals surface area contributed by atoms with Gasteiger partial charge in [-0.1, -0.05) is 0 Å². The van der Waals surface area contributed by atoms with Gasteiger partial charge in [0.2, 0.25) is 5.84 Å². The highest BCUT2D eigenvalue weighted by Crippen LogP contribution is 1.91. The molecule has 0 fully saturated rings. The molecule has 1 radical (unpaired) electrons. The summed E-state index contributed by atoms with van der Waals surface area (Å²) in [6, 6.07) is 0. The van der Waals surface area contributed by atoms with Crippen molar-refractivity contribution in [2.24, 2.45) is 4.99 Å². The van der Waals surface area contributed by atoms with Crippen molar-refractivity contribution in [3.8, 4) is 0 Å². The van der Waals surface area contributed by atoms with Crippen LogP contribution in [0, 0.1) is 0 Å². The lowest BCUT2D eigenvalue weighted by molar-refractivity contribution is -0.135. The van der Waals surface area contributed by atoms with Gasteiger partial charge in [-0.25, -0.2) is 15.1 Å². The number of aliphatic imine (C=N–C) groups is 1. The normalized spacial score (nSPS) is 14.3. The molecule has 0 aromatic carbocycles. The molecule has 0 bridgehead atoms. The Bertz CT molecular complexity index is 196. The van der Waals surface area contributed by atoms with Crippen molar-refractivity contribution in [1.82, 2.24) is 5.32 Å². The Morgan fingerprint density at radius 1 is 1.70 bits per heavy atom. The van der Waals surface area contributed by atoms with E-state index >= 15 is 0 Å². The summed E-state index contributed by atoms with van der Waals surface area (Å²) in [6.07, 6.45) is 2.90. The number of carbonyl (C=O) groups is 1. The van der Waals surface area contributed by atoms with Gasteiger partial charge in [0, 0.05) is 12.4 Å². The summed E-state index contributed by atoms with van der Waals surface area (Å²) in [5.74, 6) is -0.339. The highest BCUT2D eigenvalue weighted by atomic mass is 16.5. The monoisotopic (exact) mass is 139 g/mol. The van der Waals surface area contributed by atoms with Crippen molar-refractivity contribution in [2.75, 3.05) is 6.61 Å². The van der Waals surface area contributed by atoms with E-state index in [1.165, 1.54) is 12.4 Å². The first-order valence-corrected chi connectivity index (χ1v) is 2.95. The quantitative estimate of drug-likeness (QED) is 0.507. The molecule has 4 heteroatoms. The van der Waals surface area contributed by atoms with E-state index in [1.807, 2.05) is 0 Å². The Morgan fingerprint density at radius 3 is 3.00 bits per heavy atom. The molecule has 0 aromatic heterocycles. The molecule has 0 aromatic rings. The zero-order valence-corrected chi connectivity index (χ0v) is 5.57. The highest BCUT2D eigenvalue weighted by Gasteiger charge is 2.13. The van der Waals surface area contributed by atoms with Crippen LogP contribution in [-0.2, 0) is 9.53 Å². The third-order valence-corrected chi connectivity index (χ3v) is 0.918. The van der Waals surface area contributed by atoms with Crippen LogP contribution in [0.4, 0.5) is 0 Å². The lowest BCUT2D eigenvalue weighted by Crippen LogP contribution is -2.21. The van der Waals surface area contributed by atoms with Crippen LogP contribution in [-0.4, -0.2) is 18.4 Å². The van der Waals surface area contributed by atoms with Crippen LogP contribution in [0.5, 0.6) is 0 Å². The van der Waals surface area contributed by atoms with Gasteiger partial charge >= 0.3 is 5.97 Å². The smallest absolute Gasteiger partial charge is 0.376 e. The fraction of sp³-hybridized carbons (Fsp3) is 0.333. The number of amidine groups is 1. The summed E-state index contributed by atoms with van der Waals surface area (Å²) in [5.41, 5.74) is 0. The Kier molecular flexibility index (Phi) is 2.04. The minimum atomic E-state index is -0.465. The SMILES string of the molecule is CCOC(=O)C1=NC=C[N]1. The molecule has 1 aliphatic rings. The minimum absolute atomic E-state index is 0.127. The fourth-order valence-corrected chi connectivity index (χ4v) is 0.542. The lowest BCUT2D eigenvalue weighted by Gasteiger charge is -1.97. The third-order valence-electron chi connectivity index (χ3n) is 0.918. The van der Waals surface area contributed by atoms with Gasteiger partial charge in [-0.15, -0.1) is 0 Å². The number of esters is 1. The maximum Gasteiger partial charge on any atom is 0.376 e. The number of nitrogens with zero attached hydrogens (tertiary/aromatic N) is 2. The second-order valence-electron chi connectivity index (χ2n) is 1.60. The molecule has 0 amide bonds. The van der Waals surface area contributed by atoms with Crippen molar-refractivity contribution >= 4 is 11.8 Å². The number of ether oxygens (including phenoxy) is 1. The molecule has 1 rings (SSSR count). The molecular weight excluding hydrogens is 132 g/mol. The van der Waals surface area contributed by atoms with E-state index < -0.39 is 5.97 Å². The van der Waals surface area contributed by atoms with Crippen molar-refractivity contribution < 1.29 is 9.53 Å². The second kappa shape index (κ2) is 3.00. The number of rotatable bonds is 2. The van der Waals surface area contributed by atoms with Crippen LogP contribution in [0.1, 0.15) is 6.92 Å². The first-order valence-electron chi connectivity index (χ1n) is 2.95. The molecule has 1 aliphatic heterocycles. The van der Waals surface area contributed by atoms with Crippen LogP contribution in [0.25, 0.3) is 0 Å². The minimum Gasteiger partial charge on any atom is -0.460 e. The van der Waals surface area contributed by atoms with E-state index in [1.54, 1.807) is 6.92 Å². The molecule has 53 valence electrons. The first kappa shape index (κ1) is 6.80. The van der Waals surface area contributed by atoms with E-state index in [0.29, 0.717) is 6.61 Å². The summed E-state index contributed by atoms with van der Waals surface area (Å²) >= 11 is 0. The molecule has 0 aliphatic carbocycles. The van der Waals surface area contributed by atoms with E-state index in [4.69, 9.17) is 0 Å². The van der Waals surface area contributed by atoms with E-state index in [9.17, 15) is 4.79 Å².